The number of methoxy groups -OCH3 is 2. The molecular formula is C11H19NO4. The van der Waals surface area contributed by atoms with E-state index in [1.807, 2.05) is 13.8 Å². The minimum atomic E-state index is -0.560. The highest BCUT2D eigenvalue weighted by atomic mass is 16.5. The Labute approximate surface area is 96.0 Å². The number of nitrogens with zero attached hydrogens (tertiary/aromatic N) is 1. The molecule has 0 aromatic carbocycles. The first-order valence-electron chi connectivity index (χ1n) is 5.23. The van der Waals surface area contributed by atoms with E-state index in [0.717, 1.165) is 12.5 Å². The van der Waals surface area contributed by atoms with Crippen LogP contribution in [0.2, 0.25) is 0 Å². The van der Waals surface area contributed by atoms with Gasteiger partial charge in [0.1, 0.15) is 5.70 Å². The number of likely N-dealkylation sites (N-methyl/N-ethyl adjacent to an activating group) is 1. The summed E-state index contributed by atoms with van der Waals surface area (Å²) in [6, 6.07) is 0. The monoisotopic (exact) mass is 229 g/mol. The number of hydrogen-bond acceptors (Lipinski definition) is 5. The number of carbonyl (C=O) groups is 2. The molecule has 5 heteroatoms. The lowest BCUT2D eigenvalue weighted by Crippen LogP contribution is -2.29. The van der Waals surface area contributed by atoms with E-state index >= 15 is 0 Å². The lowest BCUT2D eigenvalue weighted by Gasteiger charge is -2.23. The van der Waals surface area contributed by atoms with Crippen LogP contribution in [0.4, 0.5) is 0 Å². The first-order chi connectivity index (χ1) is 7.60. The van der Waals surface area contributed by atoms with Crippen molar-refractivity contribution in [2.75, 3.05) is 27.3 Å². The molecule has 0 radical (unpaired) electrons. The lowest BCUT2D eigenvalue weighted by atomic mass is 10.3. The van der Waals surface area contributed by atoms with Crippen LogP contribution >= 0.6 is 0 Å². The Balaban J connectivity index is 4.97. The maximum atomic E-state index is 11.5. The smallest absolute Gasteiger partial charge is 0.354 e. The minimum Gasteiger partial charge on any atom is -0.466 e. The molecule has 16 heavy (non-hydrogen) atoms. The molecule has 0 unspecified atom stereocenters. The summed E-state index contributed by atoms with van der Waals surface area (Å²) >= 11 is 0. The van der Waals surface area contributed by atoms with Crippen LogP contribution in [0.3, 0.4) is 0 Å². The largest absolute Gasteiger partial charge is 0.466 e. The highest BCUT2D eigenvalue weighted by Gasteiger charge is 2.18. The van der Waals surface area contributed by atoms with Gasteiger partial charge in [-0.2, -0.15) is 0 Å². The predicted molar refractivity (Wildman–Crippen MR) is 59.7 cm³/mol. The van der Waals surface area contributed by atoms with Crippen LogP contribution < -0.4 is 0 Å². The zero-order valence-electron chi connectivity index (χ0n) is 10.3. The topological polar surface area (TPSA) is 55.8 Å². The zero-order valence-corrected chi connectivity index (χ0v) is 10.3. The van der Waals surface area contributed by atoms with Crippen LogP contribution in [-0.4, -0.2) is 44.1 Å². The maximum absolute atomic E-state index is 11.5. The van der Waals surface area contributed by atoms with Crippen LogP contribution in [0, 0.1) is 0 Å². The molecule has 0 fully saturated rings. The van der Waals surface area contributed by atoms with Gasteiger partial charge in [0.2, 0.25) is 0 Å². The molecular weight excluding hydrogens is 210 g/mol. The van der Waals surface area contributed by atoms with Gasteiger partial charge >= 0.3 is 11.9 Å². The fraction of sp³-hybridized carbons (Fsp3) is 0.636. The second-order valence-electron chi connectivity index (χ2n) is 3.12. The third-order valence-corrected chi connectivity index (χ3v) is 2.07. The number of ether oxygens (including phenoxy) is 2. The van der Waals surface area contributed by atoms with E-state index in [-0.39, 0.29) is 5.70 Å². The minimum absolute atomic E-state index is 0.235. The van der Waals surface area contributed by atoms with Gasteiger partial charge < -0.3 is 14.4 Å². The van der Waals surface area contributed by atoms with Crippen molar-refractivity contribution in [3.63, 3.8) is 0 Å². The Bertz CT molecular complexity index is 273. The summed E-state index contributed by atoms with van der Waals surface area (Å²) in [7, 11) is 2.55. The van der Waals surface area contributed by atoms with Gasteiger partial charge in [-0.05, 0) is 13.3 Å². The van der Waals surface area contributed by atoms with Gasteiger partial charge in [-0.25, -0.2) is 9.59 Å². The summed E-state index contributed by atoms with van der Waals surface area (Å²) in [5.41, 5.74) is 0.235. The van der Waals surface area contributed by atoms with E-state index < -0.39 is 11.9 Å². The van der Waals surface area contributed by atoms with E-state index in [0.29, 0.717) is 13.1 Å². The second-order valence-corrected chi connectivity index (χ2v) is 3.12. The molecule has 0 bridgehead atoms. The molecule has 0 aromatic heterocycles. The Kier molecular flexibility index (Phi) is 7.00. The molecule has 0 atom stereocenters. The summed E-state index contributed by atoms with van der Waals surface area (Å²) in [5, 5.41) is 0. The van der Waals surface area contributed by atoms with E-state index in [2.05, 4.69) is 9.47 Å². The van der Waals surface area contributed by atoms with Crippen molar-refractivity contribution in [3.8, 4) is 0 Å². The summed E-state index contributed by atoms with van der Waals surface area (Å²) in [5.74, 6) is -1.09. The molecule has 0 aliphatic heterocycles. The van der Waals surface area contributed by atoms with Gasteiger partial charge in [-0.1, -0.05) is 6.92 Å². The molecule has 0 saturated heterocycles. The van der Waals surface area contributed by atoms with Crippen LogP contribution in [-0.2, 0) is 19.1 Å². The van der Waals surface area contributed by atoms with Gasteiger partial charge in [0.05, 0.1) is 20.3 Å². The van der Waals surface area contributed by atoms with E-state index in [1.54, 1.807) is 4.90 Å². The van der Waals surface area contributed by atoms with Crippen molar-refractivity contribution in [1.82, 2.24) is 4.90 Å². The molecule has 0 rings (SSSR count). The average molecular weight is 229 g/mol. The number of hydrogen-bond donors (Lipinski definition) is 0. The first-order valence-corrected chi connectivity index (χ1v) is 5.23. The van der Waals surface area contributed by atoms with Crippen LogP contribution in [0.5, 0.6) is 0 Å². The quantitative estimate of drug-likeness (QED) is 0.501. The summed E-state index contributed by atoms with van der Waals surface area (Å²) < 4.78 is 9.13. The summed E-state index contributed by atoms with van der Waals surface area (Å²) in [6.07, 6.45) is 2.04. The van der Waals surface area contributed by atoms with Crippen molar-refractivity contribution < 1.29 is 19.1 Å². The van der Waals surface area contributed by atoms with Crippen LogP contribution in [0.25, 0.3) is 0 Å². The van der Waals surface area contributed by atoms with Crippen LogP contribution in [0.1, 0.15) is 20.3 Å². The maximum Gasteiger partial charge on any atom is 0.354 e. The van der Waals surface area contributed by atoms with Crippen molar-refractivity contribution in [2.24, 2.45) is 0 Å². The standard InChI is InChI=1S/C11H19NO4/c1-5-7-12(6-2)9(11(14)16-4)8-10(13)15-3/h8H,5-7H2,1-4H3/b9-8+. The van der Waals surface area contributed by atoms with Crippen molar-refractivity contribution in [3.05, 3.63) is 11.8 Å². The fourth-order valence-corrected chi connectivity index (χ4v) is 1.27. The molecule has 0 N–H and O–H groups in total. The van der Waals surface area contributed by atoms with Gasteiger partial charge in [-0.15, -0.1) is 0 Å². The highest BCUT2D eigenvalue weighted by molar-refractivity contribution is 5.95. The van der Waals surface area contributed by atoms with Crippen molar-refractivity contribution >= 4 is 11.9 Å². The molecule has 0 saturated carbocycles. The molecule has 92 valence electrons. The molecule has 0 heterocycles. The number of esters is 2. The third kappa shape index (κ3) is 4.33. The molecule has 0 aliphatic carbocycles. The third-order valence-electron chi connectivity index (χ3n) is 2.07. The molecule has 5 nitrogen and oxygen atoms in total. The molecule has 0 spiro atoms. The average Bonchev–Trinajstić information content (AvgIpc) is 2.32. The number of carbonyl (C=O) groups excluding carboxylic acids is 2. The molecule has 0 aromatic rings. The highest BCUT2D eigenvalue weighted by Crippen LogP contribution is 2.07. The number of rotatable bonds is 6. The van der Waals surface area contributed by atoms with E-state index in [1.165, 1.54) is 14.2 Å². The van der Waals surface area contributed by atoms with Crippen molar-refractivity contribution in [1.29, 1.82) is 0 Å². The summed E-state index contributed by atoms with van der Waals surface area (Å²) in [6.45, 7) is 5.22. The van der Waals surface area contributed by atoms with E-state index in [9.17, 15) is 9.59 Å². The Morgan fingerprint density at radius 2 is 1.81 bits per heavy atom. The second kappa shape index (κ2) is 7.73. The van der Waals surface area contributed by atoms with E-state index in [4.69, 9.17) is 0 Å². The zero-order chi connectivity index (χ0) is 12.6. The Morgan fingerprint density at radius 3 is 2.19 bits per heavy atom. The Morgan fingerprint density at radius 1 is 1.19 bits per heavy atom. The molecule has 0 amide bonds. The van der Waals surface area contributed by atoms with Gasteiger partial charge in [0.25, 0.3) is 0 Å². The predicted octanol–water partition coefficient (Wildman–Crippen LogP) is 0.948. The van der Waals surface area contributed by atoms with Gasteiger partial charge in [0.15, 0.2) is 0 Å². The first kappa shape index (κ1) is 14.5. The summed E-state index contributed by atoms with van der Waals surface area (Å²) in [4.78, 5) is 24.4. The van der Waals surface area contributed by atoms with Gasteiger partial charge in [0, 0.05) is 13.1 Å². The van der Waals surface area contributed by atoms with Gasteiger partial charge in [-0.3, -0.25) is 0 Å². The lowest BCUT2D eigenvalue weighted by molar-refractivity contribution is -0.140. The normalized spacial score (nSPS) is 10.9. The van der Waals surface area contributed by atoms with Crippen LogP contribution in [0.15, 0.2) is 11.8 Å². The van der Waals surface area contributed by atoms with Crippen molar-refractivity contribution in [2.45, 2.75) is 20.3 Å². The molecule has 0 aliphatic rings. The Hall–Kier alpha value is -1.52. The fourth-order valence-electron chi connectivity index (χ4n) is 1.27. The SMILES string of the molecule is CCCN(CC)/C(=C/C(=O)OC)C(=O)OC.